The molecule has 2 aromatic rings. The van der Waals surface area contributed by atoms with Crippen molar-refractivity contribution in [3.63, 3.8) is 0 Å². The van der Waals surface area contributed by atoms with E-state index in [0.717, 1.165) is 35.7 Å². The Hall–Kier alpha value is -2.37. The van der Waals surface area contributed by atoms with E-state index in [0.29, 0.717) is 6.61 Å². The van der Waals surface area contributed by atoms with Crippen LogP contribution in [-0.4, -0.2) is 25.7 Å². The zero-order chi connectivity index (χ0) is 18.1. The van der Waals surface area contributed by atoms with Crippen LogP contribution in [0.4, 0.5) is 5.69 Å². The van der Waals surface area contributed by atoms with E-state index in [4.69, 9.17) is 9.47 Å². The van der Waals surface area contributed by atoms with Gasteiger partial charge in [0.2, 0.25) is 0 Å². The summed E-state index contributed by atoms with van der Waals surface area (Å²) < 4.78 is 10.9. The van der Waals surface area contributed by atoms with Crippen LogP contribution in [0.1, 0.15) is 25.0 Å². The molecule has 0 aromatic heterocycles. The van der Waals surface area contributed by atoms with Crippen LogP contribution in [0.25, 0.3) is 0 Å². The average molecular weight is 342 g/mol. The van der Waals surface area contributed by atoms with Crippen LogP contribution in [0.3, 0.4) is 0 Å². The maximum Gasteiger partial charge on any atom is 0.253 e. The monoisotopic (exact) mass is 342 g/mol. The van der Waals surface area contributed by atoms with E-state index < -0.39 is 6.10 Å². The number of carbonyl (C=O) groups is 1. The molecule has 2 aromatic carbocycles. The van der Waals surface area contributed by atoms with Gasteiger partial charge in [0, 0.05) is 12.2 Å². The van der Waals surface area contributed by atoms with Crippen molar-refractivity contribution >= 4 is 11.6 Å². The maximum atomic E-state index is 12.3. The molecule has 0 fully saturated rings. The summed E-state index contributed by atoms with van der Waals surface area (Å²) in [6, 6.07) is 15.4. The zero-order valence-corrected chi connectivity index (χ0v) is 15.0. The molecule has 5 heteroatoms. The summed E-state index contributed by atoms with van der Waals surface area (Å²) in [6.45, 7) is 5.85. The number of anilines is 1. The molecule has 0 aliphatic heterocycles. The van der Waals surface area contributed by atoms with Gasteiger partial charge < -0.3 is 20.1 Å². The van der Waals surface area contributed by atoms with Crippen molar-refractivity contribution in [3.05, 3.63) is 59.7 Å². The molecular formula is C20H26N2O3. The van der Waals surface area contributed by atoms with E-state index in [1.54, 1.807) is 14.0 Å². The number of benzene rings is 2. The third kappa shape index (κ3) is 6.21. The SMILES string of the molecule is CCNCc1cccc(NC(=O)C(C)OCc2cccc(OC)c2)c1. The van der Waals surface area contributed by atoms with E-state index in [9.17, 15) is 4.79 Å². The van der Waals surface area contributed by atoms with Gasteiger partial charge in [-0.05, 0) is 48.9 Å². The summed E-state index contributed by atoms with van der Waals surface area (Å²) in [5.41, 5.74) is 2.87. The minimum absolute atomic E-state index is 0.163. The maximum absolute atomic E-state index is 12.3. The highest BCUT2D eigenvalue weighted by Crippen LogP contribution is 2.15. The molecule has 0 bridgehead atoms. The molecule has 0 aliphatic rings. The Balaban J connectivity index is 1.87. The first-order valence-electron chi connectivity index (χ1n) is 8.47. The lowest BCUT2D eigenvalue weighted by Gasteiger charge is -2.14. The van der Waals surface area contributed by atoms with E-state index in [2.05, 4.69) is 17.6 Å². The summed E-state index contributed by atoms with van der Waals surface area (Å²) in [6.07, 6.45) is -0.552. The van der Waals surface area contributed by atoms with Gasteiger partial charge in [0.05, 0.1) is 13.7 Å². The Labute approximate surface area is 149 Å². The summed E-state index contributed by atoms with van der Waals surface area (Å²) in [5, 5.41) is 6.17. The highest BCUT2D eigenvalue weighted by atomic mass is 16.5. The molecular weight excluding hydrogens is 316 g/mol. The number of hydrogen-bond donors (Lipinski definition) is 2. The van der Waals surface area contributed by atoms with Gasteiger partial charge in [-0.1, -0.05) is 31.2 Å². The largest absolute Gasteiger partial charge is 0.497 e. The number of methoxy groups -OCH3 is 1. The second kappa shape index (κ2) is 9.81. The number of carbonyl (C=O) groups excluding carboxylic acids is 1. The van der Waals surface area contributed by atoms with Gasteiger partial charge >= 0.3 is 0 Å². The van der Waals surface area contributed by atoms with Crippen LogP contribution in [-0.2, 0) is 22.7 Å². The zero-order valence-electron chi connectivity index (χ0n) is 15.0. The van der Waals surface area contributed by atoms with Crippen LogP contribution in [0, 0.1) is 0 Å². The Kier molecular flexibility index (Phi) is 7.44. The molecule has 0 saturated heterocycles. The van der Waals surface area contributed by atoms with Crippen molar-refractivity contribution in [1.82, 2.24) is 5.32 Å². The summed E-state index contributed by atoms with van der Waals surface area (Å²) in [7, 11) is 1.63. The van der Waals surface area contributed by atoms with E-state index >= 15 is 0 Å². The van der Waals surface area contributed by atoms with Crippen LogP contribution >= 0.6 is 0 Å². The molecule has 0 saturated carbocycles. The molecule has 2 rings (SSSR count). The molecule has 0 radical (unpaired) electrons. The average Bonchev–Trinajstić information content (AvgIpc) is 2.64. The van der Waals surface area contributed by atoms with Crippen LogP contribution in [0.15, 0.2) is 48.5 Å². The molecule has 0 aliphatic carbocycles. The molecule has 25 heavy (non-hydrogen) atoms. The van der Waals surface area contributed by atoms with Crippen molar-refractivity contribution < 1.29 is 14.3 Å². The number of amides is 1. The molecule has 1 unspecified atom stereocenters. The van der Waals surface area contributed by atoms with Crippen molar-refractivity contribution in [2.24, 2.45) is 0 Å². The van der Waals surface area contributed by atoms with Crippen molar-refractivity contribution in [2.75, 3.05) is 19.0 Å². The van der Waals surface area contributed by atoms with Crippen LogP contribution in [0.2, 0.25) is 0 Å². The van der Waals surface area contributed by atoms with Crippen molar-refractivity contribution in [2.45, 2.75) is 33.1 Å². The molecule has 0 heterocycles. The Morgan fingerprint density at radius 2 is 1.88 bits per heavy atom. The lowest BCUT2D eigenvalue weighted by Crippen LogP contribution is -2.27. The summed E-state index contributed by atoms with van der Waals surface area (Å²) in [4.78, 5) is 12.3. The third-order valence-corrected chi connectivity index (χ3v) is 3.78. The van der Waals surface area contributed by atoms with Crippen molar-refractivity contribution in [3.8, 4) is 5.75 Å². The lowest BCUT2D eigenvalue weighted by atomic mass is 10.2. The van der Waals surface area contributed by atoms with Crippen LogP contribution < -0.4 is 15.4 Å². The standard InChI is InChI=1S/C20H26N2O3/c1-4-21-13-16-7-5-9-18(11-16)22-20(23)15(2)25-14-17-8-6-10-19(12-17)24-3/h5-12,15,21H,4,13-14H2,1-3H3,(H,22,23). The Morgan fingerprint density at radius 3 is 2.64 bits per heavy atom. The summed E-state index contributed by atoms with van der Waals surface area (Å²) >= 11 is 0. The fraction of sp³-hybridized carbons (Fsp3) is 0.350. The number of hydrogen-bond acceptors (Lipinski definition) is 4. The minimum Gasteiger partial charge on any atom is -0.497 e. The van der Waals surface area contributed by atoms with Gasteiger partial charge in [0.1, 0.15) is 11.9 Å². The first kappa shape index (κ1) is 19.0. The minimum atomic E-state index is -0.552. The Morgan fingerprint density at radius 1 is 1.12 bits per heavy atom. The predicted octanol–water partition coefficient (Wildman–Crippen LogP) is 3.35. The highest BCUT2D eigenvalue weighted by molar-refractivity contribution is 5.93. The number of ether oxygens (including phenoxy) is 2. The predicted molar refractivity (Wildman–Crippen MR) is 99.7 cm³/mol. The third-order valence-electron chi connectivity index (χ3n) is 3.78. The molecule has 2 N–H and O–H groups in total. The normalized spacial score (nSPS) is 11.8. The van der Waals surface area contributed by atoms with Gasteiger partial charge in [-0.2, -0.15) is 0 Å². The first-order valence-corrected chi connectivity index (χ1v) is 8.47. The van der Waals surface area contributed by atoms with Gasteiger partial charge in [-0.25, -0.2) is 0 Å². The lowest BCUT2D eigenvalue weighted by molar-refractivity contribution is -0.127. The second-order valence-corrected chi connectivity index (χ2v) is 5.77. The van der Waals surface area contributed by atoms with E-state index in [-0.39, 0.29) is 5.91 Å². The van der Waals surface area contributed by atoms with Gasteiger partial charge in [-0.3, -0.25) is 4.79 Å². The van der Waals surface area contributed by atoms with Crippen LogP contribution in [0.5, 0.6) is 5.75 Å². The number of rotatable bonds is 9. The molecule has 5 nitrogen and oxygen atoms in total. The Bertz CT molecular complexity index is 688. The second-order valence-electron chi connectivity index (χ2n) is 5.77. The summed E-state index contributed by atoms with van der Waals surface area (Å²) in [5.74, 6) is 0.610. The quantitative estimate of drug-likeness (QED) is 0.734. The highest BCUT2D eigenvalue weighted by Gasteiger charge is 2.14. The topological polar surface area (TPSA) is 59.6 Å². The molecule has 1 amide bonds. The van der Waals surface area contributed by atoms with Gasteiger partial charge in [0.15, 0.2) is 0 Å². The van der Waals surface area contributed by atoms with Gasteiger partial charge in [-0.15, -0.1) is 0 Å². The molecule has 134 valence electrons. The van der Waals surface area contributed by atoms with E-state index in [1.807, 2.05) is 48.5 Å². The molecule has 0 spiro atoms. The fourth-order valence-corrected chi connectivity index (χ4v) is 2.33. The molecule has 1 atom stereocenters. The fourth-order valence-electron chi connectivity index (χ4n) is 2.33. The number of nitrogens with one attached hydrogen (secondary N) is 2. The van der Waals surface area contributed by atoms with Gasteiger partial charge in [0.25, 0.3) is 5.91 Å². The smallest absolute Gasteiger partial charge is 0.253 e. The van der Waals surface area contributed by atoms with E-state index in [1.165, 1.54) is 0 Å². The first-order chi connectivity index (χ1) is 12.1. The van der Waals surface area contributed by atoms with Crippen molar-refractivity contribution in [1.29, 1.82) is 0 Å².